The first kappa shape index (κ1) is 17.8. The molecule has 5 heteroatoms. The quantitative estimate of drug-likeness (QED) is 0.671. The average molecular weight is 303 g/mol. The van der Waals surface area contributed by atoms with Gasteiger partial charge in [0.2, 0.25) is 0 Å². The number of benzene rings is 1. The summed E-state index contributed by atoms with van der Waals surface area (Å²) >= 11 is 0. The monoisotopic (exact) mass is 303 g/mol. The van der Waals surface area contributed by atoms with Crippen molar-refractivity contribution in [2.45, 2.75) is 51.7 Å². The molecule has 0 saturated heterocycles. The van der Waals surface area contributed by atoms with Crippen LogP contribution in [0.3, 0.4) is 0 Å². The molecule has 0 aliphatic heterocycles. The van der Waals surface area contributed by atoms with Crippen LogP contribution >= 0.6 is 0 Å². The fourth-order valence-electron chi connectivity index (χ4n) is 1.90. The van der Waals surface area contributed by atoms with Crippen LogP contribution in [0.4, 0.5) is 13.2 Å². The Balaban J connectivity index is 2.10. The van der Waals surface area contributed by atoms with Gasteiger partial charge in [0, 0.05) is 6.04 Å². The van der Waals surface area contributed by atoms with Crippen LogP contribution in [0.1, 0.15) is 45.1 Å². The molecule has 0 unspecified atom stereocenters. The first-order chi connectivity index (χ1) is 9.89. The minimum atomic E-state index is -4.29. The molecule has 2 nitrogen and oxygen atoms in total. The summed E-state index contributed by atoms with van der Waals surface area (Å²) in [5.41, 5.74) is -0.646. The van der Waals surface area contributed by atoms with Gasteiger partial charge < -0.3 is 10.1 Å². The third-order valence-electron chi connectivity index (χ3n) is 3.07. The minimum Gasteiger partial charge on any atom is -0.494 e. The third kappa shape index (κ3) is 7.95. The Morgan fingerprint density at radius 2 is 1.62 bits per heavy atom. The van der Waals surface area contributed by atoms with Crippen molar-refractivity contribution in [2.24, 2.45) is 0 Å². The average Bonchev–Trinajstić information content (AvgIpc) is 2.41. The number of hydrogen-bond donors (Lipinski definition) is 1. The minimum absolute atomic E-state index is 0.490. The van der Waals surface area contributed by atoms with E-state index < -0.39 is 11.7 Å². The van der Waals surface area contributed by atoms with Gasteiger partial charge in [0.25, 0.3) is 0 Å². The Labute approximate surface area is 124 Å². The van der Waals surface area contributed by atoms with Crippen LogP contribution in [-0.4, -0.2) is 19.2 Å². The lowest BCUT2D eigenvalue weighted by molar-refractivity contribution is -0.137. The van der Waals surface area contributed by atoms with E-state index in [1.807, 2.05) is 0 Å². The molecular weight excluding hydrogens is 279 g/mol. The van der Waals surface area contributed by atoms with Crippen LogP contribution in [0, 0.1) is 0 Å². The molecule has 0 fully saturated rings. The van der Waals surface area contributed by atoms with E-state index in [-0.39, 0.29) is 0 Å². The Morgan fingerprint density at radius 3 is 2.19 bits per heavy atom. The highest BCUT2D eigenvalue weighted by Crippen LogP contribution is 2.30. The standard InChI is InChI=1S/C16H24F3NO/c1-13(2)20-11-5-3-4-6-12-21-15-9-7-14(8-10-15)16(17,18)19/h7-10,13,20H,3-6,11-12H2,1-2H3. The molecule has 0 bridgehead atoms. The highest BCUT2D eigenvalue weighted by molar-refractivity contribution is 5.28. The lowest BCUT2D eigenvalue weighted by Gasteiger charge is -2.09. The molecule has 0 aromatic heterocycles. The molecule has 21 heavy (non-hydrogen) atoms. The SMILES string of the molecule is CC(C)NCCCCCCOc1ccc(C(F)(F)F)cc1. The number of unbranched alkanes of at least 4 members (excludes halogenated alkanes) is 3. The van der Waals surface area contributed by atoms with Crippen molar-refractivity contribution >= 4 is 0 Å². The van der Waals surface area contributed by atoms with Crippen LogP contribution in [0.15, 0.2) is 24.3 Å². The molecule has 0 radical (unpaired) electrons. The van der Waals surface area contributed by atoms with E-state index >= 15 is 0 Å². The molecule has 1 aromatic carbocycles. The molecule has 0 heterocycles. The predicted octanol–water partition coefficient (Wildman–Crippen LogP) is 4.64. The molecule has 1 rings (SSSR count). The zero-order valence-corrected chi connectivity index (χ0v) is 12.7. The first-order valence-corrected chi connectivity index (χ1v) is 7.43. The molecule has 1 aromatic rings. The zero-order chi connectivity index (χ0) is 15.7. The van der Waals surface area contributed by atoms with Gasteiger partial charge in [-0.25, -0.2) is 0 Å². The van der Waals surface area contributed by atoms with Crippen molar-refractivity contribution in [1.29, 1.82) is 0 Å². The van der Waals surface area contributed by atoms with Crippen LogP contribution in [0.2, 0.25) is 0 Å². The van der Waals surface area contributed by atoms with E-state index in [9.17, 15) is 13.2 Å². The van der Waals surface area contributed by atoms with E-state index in [0.29, 0.717) is 18.4 Å². The van der Waals surface area contributed by atoms with Gasteiger partial charge in [0.05, 0.1) is 12.2 Å². The second-order valence-corrected chi connectivity index (χ2v) is 5.39. The first-order valence-electron chi connectivity index (χ1n) is 7.43. The van der Waals surface area contributed by atoms with E-state index in [1.165, 1.54) is 12.1 Å². The Kier molecular flexibility index (Phi) is 7.57. The second kappa shape index (κ2) is 8.93. The molecule has 0 aliphatic carbocycles. The Morgan fingerprint density at radius 1 is 1.00 bits per heavy atom. The van der Waals surface area contributed by atoms with Gasteiger partial charge in [-0.05, 0) is 43.7 Å². The van der Waals surface area contributed by atoms with E-state index in [0.717, 1.165) is 44.4 Å². The van der Waals surface area contributed by atoms with Crippen LogP contribution in [-0.2, 0) is 6.18 Å². The van der Waals surface area contributed by atoms with Crippen molar-refractivity contribution < 1.29 is 17.9 Å². The molecule has 1 N–H and O–H groups in total. The molecule has 0 saturated carbocycles. The van der Waals surface area contributed by atoms with Gasteiger partial charge in [-0.2, -0.15) is 13.2 Å². The van der Waals surface area contributed by atoms with Crippen molar-refractivity contribution in [1.82, 2.24) is 5.32 Å². The van der Waals surface area contributed by atoms with E-state index in [2.05, 4.69) is 19.2 Å². The molecule has 120 valence electrons. The summed E-state index contributed by atoms with van der Waals surface area (Å²) < 4.78 is 42.6. The maximum atomic E-state index is 12.4. The summed E-state index contributed by atoms with van der Waals surface area (Å²) in [5.74, 6) is 0.490. The largest absolute Gasteiger partial charge is 0.494 e. The Bertz CT molecular complexity index is 388. The van der Waals surface area contributed by atoms with Crippen molar-refractivity contribution in [3.8, 4) is 5.75 Å². The summed E-state index contributed by atoms with van der Waals surface area (Å²) in [6.07, 6.45) is -0.0276. The summed E-state index contributed by atoms with van der Waals surface area (Å²) in [4.78, 5) is 0. The second-order valence-electron chi connectivity index (χ2n) is 5.39. The third-order valence-corrected chi connectivity index (χ3v) is 3.07. The summed E-state index contributed by atoms with van der Waals surface area (Å²) in [5, 5.41) is 3.36. The molecule has 0 atom stereocenters. The van der Waals surface area contributed by atoms with Gasteiger partial charge in [-0.3, -0.25) is 0 Å². The van der Waals surface area contributed by atoms with Crippen molar-refractivity contribution in [3.63, 3.8) is 0 Å². The summed E-state index contributed by atoms with van der Waals surface area (Å²) in [6.45, 7) is 5.82. The number of hydrogen-bond acceptors (Lipinski definition) is 2. The van der Waals surface area contributed by atoms with Gasteiger partial charge in [0.15, 0.2) is 0 Å². The molecule has 0 spiro atoms. The highest BCUT2D eigenvalue weighted by Gasteiger charge is 2.29. The van der Waals surface area contributed by atoms with Crippen LogP contribution < -0.4 is 10.1 Å². The van der Waals surface area contributed by atoms with Gasteiger partial charge >= 0.3 is 6.18 Å². The van der Waals surface area contributed by atoms with Crippen LogP contribution in [0.25, 0.3) is 0 Å². The number of ether oxygens (including phenoxy) is 1. The van der Waals surface area contributed by atoms with Gasteiger partial charge in [0.1, 0.15) is 5.75 Å². The van der Waals surface area contributed by atoms with E-state index in [4.69, 9.17) is 4.74 Å². The van der Waals surface area contributed by atoms with Gasteiger partial charge in [-0.1, -0.05) is 26.7 Å². The van der Waals surface area contributed by atoms with Crippen molar-refractivity contribution in [2.75, 3.05) is 13.2 Å². The topological polar surface area (TPSA) is 21.3 Å². The van der Waals surface area contributed by atoms with Crippen LogP contribution in [0.5, 0.6) is 5.75 Å². The lowest BCUT2D eigenvalue weighted by atomic mass is 10.2. The normalized spacial score (nSPS) is 11.9. The van der Waals surface area contributed by atoms with Crippen molar-refractivity contribution in [3.05, 3.63) is 29.8 Å². The van der Waals surface area contributed by atoms with E-state index in [1.54, 1.807) is 0 Å². The zero-order valence-electron chi connectivity index (χ0n) is 12.7. The smallest absolute Gasteiger partial charge is 0.416 e. The fraction of sp³-hybridized carbons (Fsp3) is 0.625. The maximum absolute atomic E-state index is 12.4. The number of rotatable bonds is 9. The number of alkyl halides is 3. The predicted molar refractivity (Wildman–Crippen MR) is 78.5 cm³/mol. The summed E-state index contributed by atoms with van der Waals surface area (Å²) in [7, 11) is 0. The van der Waals surface area contributed by atoms with Gasteiger partial charge in [-0.15, -0.1) is 0 Å². The summed E-state index contributed by atoms with van der Waals surface area (Å²) in [6, 6.07) is 5.36. The molecule has 0 amide bonds. The number of halogens is 3. The molecular formula is C16H24F3NO. The molecule has 0 aliphatic rings. The maximum Gasteiger partial charge on any atom is 0.416 e. The fourth-order valence-corrected chi connectivity index (χ4v) is 1.90. The highest BCUT2D eigenvalue weighted by atomic mass is 19.4. The number of nitrogens with one attached hydrogen (secondary N) is 1. The Hall–Kier alpha value is -1.23. The lowest BCUT2D eigenvalue weighted by Crippen LogP contribution is -2.23.